The number of carbonyl (C=O) groups is 1. The molecule has 38 heavy (non-hydrogen) atoms. The molecule has 4 aromatic rings. The molecule has 0 aliphatic carbocycles. The van der Waals surface area contributed by atoms with Gasteiger partial charge >= 0.3 is 5.97 Å². The highest BCUT2D eigenvalue weighted by Crippen LogP contribution is 2.49. The lowest BCUT2D eigenvalue weighted by atomic mass is 9.84. The second-order valence-corrected chi connectivity index (χ2v) is 8.55. The molecule has 0 saturated heterocycles. The number of methoxy groups -OCH3 is 4. The van der Waals surface area contributed by atoms with Gasteiger partial charge in [-0.05, 0) is 24.3 Å². The lowest BCUT2D eigenvalue weighted by Crippen LogP contribution is -2.22. The van der Waals surface area contributed by atoms with Crippen LogP contribution < -0.4 is 29.1 Å². The average Bonchev–Trinajstić information content (AvgIpc) is 2.91. The van der Waals surface area contributed by atoms with Crippen LogP contribution in [0.5, 0.6) is 40.2 Å². The zero-order valence-corrected chi connectivity index (χ0v) is 21.0. The van der Waals surface area contributed by atoms with Crippen molar-refractivity contribution in [2.75, 3.05) is 28.4 Å². The van der Waals surface area contributed by atoms with Crippen molar-refractivity contribution in [1.29, 1.82) is 0 Å². The van der Waals surface area contributed by atoms with Gasteiger partial charge in [0.25, 0.3) is 0 Å². The summed E-state index contributed by atoms with van der Waals surface area (Å²) in [5.74, 6) is -0.111. The molecule has 1 aliphatic heterocycles. The molecule has 1 aliphatic rings. The monoisotopic (exact) mass is 520 g/mol. The Kier molecular flexibility index (Phi) is 6.23. The maximum atomic E-state index is 13.2. The highest BCUT2D eigenvalue weighted by Gasteiger charge is 2.36. The smallest absolute Gasteiger partial charge is 0.312 e. The third kappa shape index (κ3) is 4.00. The Morgan fingerprint density at radius 2 is 1.47 bits per heavy atom. The van der Waals surface area contributed by atoms with Gasteiger partial charge in [-0.25, -0.2) is 0 Å². The molecular weight excluding hydrogens is 496 g/mol. The van der Waals surface area contributed by atoms with E-state index in [0.29, 0.717) is 33.9 Å². The van der Waals surface area contributed by atoms with E-state index in [1.54, 1.807) is 18.2 Å². The largest absolute Gasteiger partial charge is 0.507 e. The van der Waals surface area contributed by atoms with Gasteiger partial charge in [0.2, 0.25) is 0 Å². The van der Waals surface area contributed by atoms with Crippen molar-refractivity contribution < 1.29 is 43.1 Å². The Bertz CT molecular complexity index is 1640. The molecule has 0 bridgehead atoms. The highest BCUT2D eigenvalue weighted by molar-refractivity contribution is 5.93. The summed E-state index contributed by atoms with van der Waals surface area (Å²) in [7, 11) is 5.88. The second-order valence-electron chi connectivity index (χ2n) is 8.55. The molecule has 0 spiro atoms. The van der Waals surface area contributed by atoms with Crippen LogP contribution in [-0.2, 0) is 4.79 Å². The third-order valence-corrected chi connectivity index (χ3v) is 6.50. The van der Waals surface area contributed by atoms with Crippen LogP contribution >= 0.6 is 0 Å². The van der Waals surface area contributed by atoms with Crippen LogP contribution in [0.25, 0.3) is 22.3 Å². The predicted octanol–water partition coefficient (Wildman–Crippen LogP) is 4.35. The van der Waals surface area contributed by atoms with Gasteiger partial charge in [-0.1, -0.05) is 0 Å². The molecule has 1 unspecified atom stereocenters. The van der Waals surface area contributed by atoms with Gasteiger partial charge < -0.3 is 38.3 Å². The normalized spacial score (nSPS) is 14.5. The van der Waals surface area contributed by atoms with Crippen molar-refractivity contribution in [3.8, 4) is 51.6 Å². The topological polar surface area (TPSA) is 134 Å². The first-order valence-electron chi connectivity index (χ1n) is 11.5. The summed E-state index contributed by atoms with van der Waals surface area (Å²) in [6, 6.07) is 10.3. The van der Waals surface area contributed by atoms with Crippen LogP contribution in [0.1, 0.15) is 23.5 Å². The third-order valence-electron chi connectivity index (χ3n) is 6.50. The minimum absolute atomic E-state index is 0.0344. The number of fused-ring (bicyclic) bond motifs is 3. The van der Waals surface area contributed by atoms with E-state index in [0.717, 1.165) is 0 Å². The number of aromatic hydroxyl groups is 2. The lowest BCUT2D eigenvalue weighted by molar-refractivity contribution is -0.135. The molecule has 5 rings (SSSR count). The Labute approximate surface area is 216 Å². The van der Waals surface area contributed by atoms with E-state index < -0.39 is 23.1 Å². The van der Waals surface area contributed by atoms with E-state index in [9.17, 15) is 19.8 Å². The fraction of sp³-hybridized carbons (Fsp3) is 0.214. The molecule has 10 heteroatoms. The fourth-order valence-electron chi connectivity index (χ4n) is 4.74. The number of esters is 1. The summed E-state index contributed by atoms with van der Waals surface area (Å²) in [4.78, 5) is 25.9. The summed E-state index contributed by atoms with van der Waals surface area (Å²) in [6.45, 7) is 0. The van der Waals surface area contributed by atoms with Gasteiger partial charge in [-0.15, -0.1) is 0 Å². The van der Waals surface area contributed by atoms with E-state index in [2.05, 4.69) is 0 Å². The number of hydrogen-bond acceptors (Lipinski definition) is 10. The number of benzene rings is 3. The number of ether oxygens (including phenoxy) is 5. The van der Waals surface area contributed by atoms with E-state index in [-0.39, 0.29) is 40.4 Å². The predicted molar refractivity (Wildman–Crippen MR) is 136 cm³/mol. The summed E-state index contributed by atoms with van der Waals surface area (Å²) in [5.41, 5.74) is 0.844. The fourth-order valence-corrected chi connectivity index (χ4v) is 4.74. The molecule has 0 saturated carbocycles. The quantitative estimate of drug-likeness (QED) is 0.279. The molecule has 2 N–H and O–H groups in total. The maximum Gasteiger partial charge on any atom is 0.312 e. The van der Waals surface area contributed by atoms with E-state index in [1.807, 2.05) is 0 Å². The van der Waals surface area contributed by atoms with Crippen molar-refractivity contribution in [1.82, 2.24) is 0 Å². The number of phenols is 2. The van der Waals surface area contributed by atoms with E-state index in [4.69, 9.17) is 28.1 Å². The summed E-state index contributed by atoms with van der Waals surface area (Å²) in [6.07, 6.45) is -0.101. The van der Waals surface area contributed by atoms with Gasteiger partial charge in [-0.2, -0.15) is 0 Å². The minimum Gasteiger partial charge on any atom is -0.507 e. The van der Waals surface area contributed by atoms with Crippen LogP contribution in [0.15, 0.2) is 51.7 Å². The first kappa shape index (κ1) is 24.8. The van der Waals surface area contributed by atoms with Crippen molar-refractivity contribution in [3.63, 3.8) is 0 Å². The van der Waals surface area contributed by atoms with Crippen molar-refractivity contribution in [2.45, 2.75) is 12.3 Å². The van der Waals surface area contributed by atoms with Crippen LogP contribution in [0.4, 0.5) is 0 Å². The Balaban J connectivity index is 1.81. The number of hydrogen-bond donors (Lipinski definition) is 2. The van der Waals surface area contributed by atoms with Gasteiger partial charge in [0.05, 0.1) is 34.9 Å². The zero-order chi connectivity index (χ0) is 27.1. The second kappa shape index (κ2) is 9.55. The summed E-state index contributed by atoms with van der Waals surface area (Å²) >= 11 is 0. The maximum absolute atomic E-state index is 13.2. The van der Waals surface area contributed by atoms with E-state index >= 15 is 0 Å². The lowest BCUT2D eigenvalue weighted by Gasteiger charge is -2.27. The number of carbonyl (C=O) groups excluding carboxylic acids is 1. The molecule has 0 radical (unpaired) electrons. The van der Waals surface area contributed by atoms with Crippen molar-refractivity contribution in [2.24, 2.45) is 0 Å². The number of phenolic OH excluding ortho intramolecular Hbond substituents is 2. The molecule has 196 valence electrons. The summed E-state index contributed by atoms with van der Waals surface area (Å²) in [5, 5.41) is 20.9. The van der Waals surface area contributed by atoms with Gasteiger partial charge in [0, 0.05) is 40.8 Å². The number of rotatable bonds is 6. The first-order chi connectivity index (χ1) is 18.3. The minimum atomic E-state index is -0.688. The SMILES string of the molecule is COc1ccc(-c2cc(=O)c3c(O)cc4c(c3o2)C(c2cc(OC)c(OC)cc2OC)CC(=O)O4)cc1O. The van der Waals surface area contributed by atoms with Crippen LogP contribution in [0, 0.1) is 0 Å². The standard InChI is InChI=1S/C28H24O10/c1-33-19-6-5-13(7-16(19)29)20-10-17(30)27-18(31)11-24-26(28(27)38-20)15(9-25(32)37-24)14-8-22(35-3)23(36-4)12-21(14)34-2/h5-8,10-12,15,29,31H,9H2,1-4H3. The molecule has 0 fully saturated rings. The highest BCUT2D eigenvalue weighted by atomic mass is 16.5. The molecule has 3 aromatic carbocycles. The van der Waals surface area contributed by atoms with Crippen molar-refractivity contribution >= 4 is 16.9 Å². The Morgan fingerprint density at radius 1 is 0.789 bits per heavy atom. The zero-order valence-electron chi connectivity index (χ0n) is 21.0. The molecule has 1 aromatic heterocycles. The Hall–Kier alpha value is -4.86. The van der Waals surface area contributed by atoms with Crippen LogP contribution in [0.2, 0.25) is 0 Å². The molecule has 0 amide bonds. The van der Waals surface area contributed by atoms with Gasteiger partial charge in [0.1, 0.15) is 34.0 Å². The average molecular weight is 520 g/mol. The van der Waals surface area contributed by atoms with Gasteiger partial charge in [0.15, 0.2) is 28.4 Å². The Morgan fingerprint density at radius 3 is 2.13 bits per heavy atom. The van der Waals surface area contributed by atoms with Crippen molar-refractivity contribution in [3.05, 3.63) is 63.8 Å². The van der Waals surface area contributed by atoms with Gasteiger partial charge in [-0.3, -0.25) is 9.59 Å². The summed E-state index contributed by atoms with van der Waals surface area (Å²) < 4.78 is 33.2. The molecule has 10 nitrogen and oxygen atoms in total. The molecule has 2 heterocycles. The van der Waals surface area contributed by atoms with Crippen LogP contribution in [-0.4, -0.2) is 44.6 Å². The van der Waals surface area contributed by atoms with E-state index in [1.165, 1.54) is 52.7 Å². The first-order valence-corrected chi connectivity index (χ1v) is 11.5. The van der Waals surface area contributed by atoms with Crippen LogP contribution in [0.3, 0.4) is 0 Å². The molecule has 1 atom stereocenters. The molecular formula is C28H24O10.